The Morgan fingerprint density at radius 2 is 2.00 bits per heavy atom. The molecule has 1 amide bonds. The topological polar surface area (TPSA) is 45.2 Å². The minimum absolute atomic E-state index is 0.0489. The highest BCUT2D eigenvalue weighted by Gasteiger charge is 2.14. The van der Waals surface area contributed by atoms with Crippen LogP contribution in [0.1, 0.15) is 23.5 Å². The number of likely N-dealkylation sites (N-methyl/N-ethyl adjacent to an activating group) is 1. The zero-order valence-electron chi connectivity index (χ0n) is 14.5. The predicted octanol–water partition coefficient (Wildman–Crippen LogP) is 4.91. The van der Waals surface area contributed by atoms with Crippen molar-refractivity contribution in [2.45, 2.75) is 19.5 Å². The summed E-state index contributed by atoms with van der Waals surface area (Å²) in [6, 6.07) is 13.3. The zero-order valence-corrected chi connectivity index (χ0v) is 16.8. The van der Waals surface area contributed by atoms with Crippen LogP contribution in [0.4, 0.5) is 0 Å². The minimum Gasteiger partial charge on any atom is -0.348 e. The van der Waals surface area contributed by atoms with E-state index in [9.17, 15) is 4.79 Å². The summed E-state index contributed by atoms with van der Waals surface area (Å²) in [7, 11) is 1.91. The van der Waals surface area contributed by atoms with Crippen LogP contribution in [-0.2, 0) is 11.3 Å². The maximum atomic E-state index is 12.3. The molecule has 0 unspecified atom stereocenters. The molecule has 0 aliphatic heterocycles. The second-order valence-corrected chi connectivity index (χ2v) is 8.14. The van der Waals surface area contributed by atoms with Crippen LogP contribution in [0.2, 0.25) is 10.0 Å². The summed E-state index contributed by atoms with van der Waals surface area (Å²) in [5.74, 6) is -0.0489. The Balaban J connectivity index is 1.55. The van der Waals surface area contributed by atoms with Gasteiger partial charge in [-0.05, 0) is 43.8 Å². The average molecular weight is 408 g/mol. The summed E-state index contributed by atoms with van der Waals surface area (Å²) >= 11 is 13.6. The molecule has 136 valence electrons. The van der Waals surface area contributed by atoms with Gasteiger partial charge in [-0.1, -0.05) is 41.4 Å². The zero-order chi connectivity index (χ0) is 18.7. The molecule has 0 fully saturated rings. The van der Waals surface area contributed by atoms with Crippen molar-refractivity contribution in [3.8, 4) is 0 Å². The van der Waals surface area contributed by atoms with Crippen molar-refractivity contribution < 1.29 is 4.79 Å². The summed E-state index contributed by atoms with van der Waals surface area (Å²) in [6.45, 7) is 2.85. The van der Waals surface area contributed by atoms with Crippen LogP contribution in [0.3, 0.4) is 0 Å². The van der Waals surface area contributed by atoms with Gasteiger partial charge in [-0.3, -0.25) is 9.69 Å². The third kappa shape index (κ3) is 4.74. The molecule has 0 saturated carbocycles. The molecule has 26 heavy (non-hydrogen) atoms. The van der Waals surface area contributed by atoms with Gasteiger partial charge >= 0.3 is 0 Å². The molecule has 3 aromatic rings. The molecule has 3 rings (SSSR count). The lowest BCUT2D eigenvalue weighted by Crippen LogP contribution is -2.36. The number of para-hydroxylation sites is 1. The fourth-order valence-corrected chi connectivity index (χ4v) is 4.03. The Labute approximate surface area is 166 Å². The SMILES string of the molecule is C[C@@H](NC(=O)CN(C)Cc1nc2ccccc2s1)c1ccc(Cl)c(Cl)c1. The maximum absolute atomic E-state index is 12.3. The number of carbonyl (C=O) groups is 1. The second kappa shape index (κ2) is 8.35. The number of rotatable bonds is 6. The van der Waals surface area contributed by atoms with E-state index in [1.165, 1.54) is 0 Å². The van der Waals surface area contributed by atoms with Gasteiger partial charge in [0.2, 0.25) is 5.91 Å². The van der Waals surface area contributed by atoms with Crippen molar-refractivity contribution in [3.63, 3.8) is 0 Å². The fraction of sp³-hybridized carbons (Fsp3) is 0.263. The molecular weight excluding hydrogens is 389 g/mol. The number of hydrogen-bond donors (Lipinski definition) is 1. The van der Waals surface area contributed by atoms with Crippen molar-refractivity contribution in [3.05, 3.63) is 63.1 Å². The third-order valence-corrected chi connectivity index (χ3v) is 5.74. The Morgan fingerprint density at radius 1 is 1.23 bits per heavy atom. The van der Waals surface area contributed by atoms with Crippen LogP contribution >= 0.6 is 34.5 Å². The molecular formula is C19H19Cl2N3OS. The largest absolute Gasteiger partial charge is 0.348 e. The molecule has 0 saturated heterocycles. The molecule has 0 aliphatic rings. The first-order chi connectivity index (χ1) is 12.4. The number of amides is 1. The van der Waals surface area contributed by atoms with Gasteiger partial charge < -0.3 is 5.32 Å². The molecule has 4 nitrogen and oxygen atoms in total. The van der Waals surface area contributed by atoms with Crippen molar-refractivity contribution >= 4 is 50.7 Å². The number of benzene rings is 2. The number of fused-ring (bicyclic) bond motifs is 1. The highest BCUT2D eigenvalue weighted by molar-refractivity contribution is 7.18. The highest BCUT2D eigenvalue weighted by Crippen LogP contribution is 2.25. The third-order valence-electron chi connectivity index (χ3n) is 3.98. The monoisotopic (exact) mass is 407 g/mol. The summed E-state index contributed by atoms with van der Waals surface area (Å²) < 4.78 is 1.16. The molecule has 7 heteroatoms. The molecule has 1 aromatic heterocycles. The van der Waals surface area contributed by atoms with E-state index in [4.69, 9.17) is 23.2 Å². The Hall–Kier alpha value is -1.66. The van der Waals surface area contributed by atoms with Crippen molar-refractivity contribution in [2.75, 3.05) is 13.6 Å². The number of hydrogen-bond acceptors (Lipinski definition) is 4. The van der Waals surface area contributed by atoms with Gasteiger partial charge in [0.15, 0.2) is 0 Å². The van der Waals surface area contributed by atoms with E-state index in [0.717, 1.165) is 20.8 Å². The summed E-state index contributed by atoms with van der Waals surface area (Å²) in [5.41, 5.74) is 1.92. The van der Waals surface area contributed by atoms with Crippen LogP contribution in [0.15, 0.2) is 42.5 Å². The van der Waals surface area contributed by atoms with Gasteiger partial charge in [0.05, 0.1) is 39.4 Å². The van der Waals surface area contributed by atoms with E-state index in [2.05, 4.69) is 16.4 Å². The maximum Gasteiger partial charge on any atom is 0.234 e. The van der Waals surface area contributed by atoms with E-state index in [-0.39, 0.29) is 11.9 Å². The van der Waals surface area contributed by atoms with E-state index < -0.39 is 0 Å². The molecule has 1 heterocycles. The van der Waals surface area contributed by atoms with Gasteiger partial charge in [0, 0.05) is 0 Å². The van der Waals surface area contributed by atoms with Crippen LogP contribution < -0.4 is 5.32 Å². The summed E-state index contributed by atoms with van der Waals surface area (Å²) in [5, 5.41) is 4.97. The Bertz CT molecular complexity index is 895. The molecule has 2 aromatic carbocycles. The minimum atomic E-state index is -0.145. The quantitative estimate of drug-likeness (QED) is 0.630. The molecule has 0 spiro atoms. The van der Waals surface area contributed by atoms with Gasteiger partial charge in [-0.2, -0.15) is 0 Å². The lowest BCUT2D eigenvalue weighted by Gasteiger charge is -2.18. The number of thiazole rings is 1. The molecule has 0 bridgehead atoms. The van der Waals surface area contributed by atoms with Crippen molar-refractivity contribution in [1.29, 1.82) is 0 Å². The van der Waals surface area contributed by atoms with Crippen LogP contribution in [-0.4, -0.2) is 29.4 Å². The molecule has 1 N–H and O–H groups in total. The summed E-state index contributed by atoms with van der Waals surface area (Å²) in [6.07, 6.45) is 0. The number of nitrogens with zero attached hydrogens (tertiary/aromatic N) is 2. The first-order valence-corrected chi connectivity index (χ1v) is 9.77. The van der Waals surface area contributed by atoms with Crippen LogP contribution in [0, 0.1) is 0 Å². The van der Waals surface area contributed by atoms with E-state index in [0.29, 0.717) is 23.1 Å². The lowest BCUT2D eigenvalue weighted by molar-refractivity contribution is -0.122. The van der Waals surface area contributed by atoms with E-state index in [1.54, 1.807) is 23.5 Å². The van der Waals surface area contributed by atoms with Gasteiger partial charge in [-0.15, -0.1) is 11.3 Å². The molecule has 0 radical (unpaired) electrons. The van der Waals surface area contributed by atoms with Crippen LogP contribution in [0.25, 0.3) is 10.2 Å². The fourth-order valence-electron chi connectivity index (χ4n) is 2.67. The van der Waals surface area contributed by atoms with Gasteiger partial charge in [0.1, 0.15) is 5.01 Å². The van der Waals surface area contributed by atoms with Gasteiger partial charge in [-0.25, -0.2) is 4.98 Å². The standard InChI is InChI=1S/C19H19Cl2N3OS/c1-12(13-7-8-14(20)15(21)9-13)22-18(25)10-24(2)11-19-23-16-5-3-4-6-17(16)26-19/h3-9,12H,10-11H2,1-2H3,(H,22,25)/t12-/m1/s1. The Morgan fingerprint density at radius 3 is 2.73 bits per heavy atom. The number of nitrogens with one attached hydrogen (secondary N) is 1. The Kier molecular flexibility index (Phi) is 6.14. The number of carbonyl (C=O) groups excluding carboxylic acids is 1. The normalized spacial score (nSPS) is 12.5. The second-order valence-electron chi connectivity index (χ2n) is 6.21. The number of aromatic nitrogens is 1. The van der Waals surface area contributed by atoms with Crippen LogP contribution in [0.5, 0.6) is 0 Å². The first kappa shape index (κ1) is 19.1. The van der Waals surface area contributed by atoms with E-state index in [1.807, 2.05) is 43.1 Å². The first-order valence-electron chi connectivity index (χ1n) is 8.19. The number of halogens is 2. The molecule has 1 atom stereocenters. The van der Waals surface area contributed by atoms with Crippen molar-refractivity contribution in [2.24, 2.45) is 0 Å². The predicted molar refractivity (Wildman–Crippen MR) is 109 cm³/mol. The summed E-state index contributed by atoms with van der Waals surface area (Å²) in [4.78, 5) is 18.9. The lowest BCUT2D eigenvalue weighted by atomic mass is 10.1. The smallest absolute Gasteiger partial charge is 0.234 e. The van der Waals surface area contributed by atoms with E-state index >= 15 is 0 Å². The van der Waals surface area contributed by atoms with Gasteiger partial charge in [0.25, 0.3) is 0 Å². The van der Waals surface area contributed by atoms with Crippen molar-refractivity contribution in [1.82, 2.24) is 15.2 Å². The molecule has 0 aliphatic carbocycles. The highest BCUT2D eigenvalue weighted by atomic mass is 35.5. The average Bonchev–Trinajstić information content (AvgIpc) is 2.98.